The Bertz CT molecular complexity index is 3070. The van der Waals surface area contributed by atoms with Gasteiger partial charge in [-0.3, -0.25) is 0 Å². The summed E-state index contributed by atoms with van der Waals surface area (Å²) in [6.07, 6.45) is 0. The fourth-order valence-corrected chi connectivity index (χ4v) is 9.27. The molecule has 62 heavy (non-hydrogen) atoms. The maximum atomic E-state index is 13.7. The maximum absolute atomic E-state index is 13.7. The summed E-state index contributed by atoms with van der Waals surface area (Å²) < 4.78 is 56.1. The molecule has 3 N–H and O–H groups in total. The lowest BCUT2D eigenvalue weighted by atomic mass is 9.63. The third kappa shape index (κ3) is 7.54. The molecule has 3 nitrogen and oxygen atoms in total. The van der Waals surface area contributed by atoms with Gasteiger partial charge in [0.25, 0.3) is 0 Å². The first-order valence-electron chi connectivity index (χ1n) is 19.4. The van der Waals surface area contributed by atoms with Crippen molar-refractivity contribution in [2.45, 2.75) is 11.2 Å². The van der Waals surface area contributed by atoms with Crippen molar-refractivity contribution < 1.29 is 32.9 Å². The highest BCUT2D eigenvalue weighted by molar-refractivity contribution is 9.10. The highest BCUT2D eigenvalue weighted by Gasteiger charge is 2.51. The number of aliphatic hydroxyl groups excluding tert-OH is 1. The molecule has 0 saturated carbocycles. The zero-order valence-corrected chi connectivity index (χ0v) is 36.1. The Morgan fingerprint density at radius 3 is 1.16 bits per heavy atom. The third-order valence-electron chi connectivity index (χ3n) is 11.2. The molecule has 9 heteroatoms. The number of aliphatic hydroxyl groups is 3. The van der Waals surface area contributed by atoms with E-state index in [1.54, 1.807) is 66.7 Å². The fourth-order valence-electron chi connectivity index (χ4n) is 8.55. The molecule has 9 aromatic rings. The summed E-state index contributed by atoms with van der Waals surface area (Å²) in [6.45, 7) is 0. The molecule has 9 aromatic carbocycles. The largest absolute Gasteiger partial charge is 0.400 e. The molecule has 0 amide bonds. The first kappa shape index (κ1) is 42.7. The van der Waals surface area contributed by atoms with E-state index in [0.29, 0.717) is 37.9 Å². The Balaban J connectivity index is 0.000000165. The third-order valence-corrected chi connectivity index (χ3v) is 12.2. The molecule has 0 saturated heterocycles. The summed E-state index contributed by atoms with van der Waals surface area (Å²) in [5.74, 6) is -1.33. The molecule has 0 heterocycles. The summed E-state index contributed by atoms with van der Waals surface area (Å²) in [6, 6.07) is 51.3. The van der Waals surface area contributed by atoms with Crippen molar-refractivity contribution in [1.82, 2.24) is 0 Å². The highest BCUT2D eigenvalue weighted by atomic mass is 79.9. The van der Waals surface area contributed by atoms with E-state index in [9.17, 15) is 27.8 Å². The number of rotatable bonds is 4. The second-order valence-electron chi connectivity index (χ2n) is 14.7. The average Bonchev–Trinajstić information content (AvgIpc) is 3.29. The minimum absolute atomic E-state index is 0.256. The minimum Gasteiger partial charge on any atom is -0.400 e. The standard InChI is InChI=1S/C26H17BrF2O2.C26H15BrF2.CH4O/c27-18-9-14-23-24(15-18)26(31,17-7-12-20(29)13-8-17)22-4-2-1-3-21(22)25(23,30)16-5-10-19(28)11-6-16;27-18-9-14-23-24(15-18)26(17-7-12-20(29)13-8-17)22-4-2-1-3-21(22)25(23)16-5-10-19(28)11-6-16;1-2/h1-15,30-31H;1-15H;2H,1H3. The maximum Gasteiger partial charge on any atom is 0.141 e. The van der Waals surface area contributed by atoms with Gasteiger partial charge in [0.15, 0.2) is 0 Å². The number of halogens is 6. The van der Waals surface area contributed by atoms with E-state index in [0.717, 1.165) is 55.4 Å². The number of fused-ring (bicyclic) bond motifs is 4. The SMILES string of the molecule is CO.Fc1ccc(-c2c3ccccc3c(-c3ccc(F)cc3)c3cc(Br)ccc23)cc1.OC1(c2ccc(F)cc2)c2ccccc2C(O)(c2ccc(F)cc2)c2cc(Br)ccc21. The van der Waals surface area contributed by atoms with Crippen LogP contribution in [-0.2, 0) is 11.2 Å². The zero-order chi connectivity index (χ0) is 43.8. The smallest absolute Gasteiger partial charge is 0.141 e. The average molecular weight is 957 g/mol. The van der Waals surface area contributed by atoms with Crippen LogP contribution in [0.25, 0.3) is 43.8 Å². The second kappa shape index (κ2) is 17.4. The van der Waals surface area contributed by atoms with Crippen LogP contribution in [-0.4, -0.2) is 22.4 Å². The Labute approximate surface area is 372 Å². The van der Waals surface area contributed by atoms with E-state index in [-0.39, 0.29) is 11.6 Å². The van der Waals surface area contributed by atoms with Gasteiger partial charge in [-0.25, -0.2) is 17.6 Å². The summed E-state index contributed by atoms with van der Waals surface area (Å²) >= 11 is 7.06. The van der Waals surface area contributed by atoms with Gasteiger partial charge in [0.2, 0.25) is 0 Å². The van der Waals surface area contributed by atoms with E-state index >= 15 is 0 Å². The van der Waals surface area contributed by atoms with Crippen LogP contribution in [0.3, 0.4) is 0 Å². The van der Waals surface area contributed by atoms with Crippen LogP contribution in [0.4, 0.5) is 17.6 Å². The molecular weight excluding hydrogens is 920 g/mol. The normalized spacial score (nSPS) is 16.4. The van der Waals surface area contributed by atoms with Crippen molar-refractivity contribution in [3.63, 3.8) is 0 Å². The molecular formula is C53H36Br2F4O3. The first-order chi connectivity index (χ1) is 30.0. The Morgan fingerprint density at radius 1 is 0.355 bits per heavy atom. The van der Waals surface area contributed by atoms with Gasteiger partial charge in [-0.2, -0.15) is 0 Å². The van der Waals surface area contributed by atoms with Crippen molar-refractivity contribution in [1.29, 1.82) is 0 Å². The molecule has 0 aliphatic heterocycles. The molecule has 1 aliphatic rings. The molecule has 1 aliphatic carbocycles. The van der Waals surface area contributed by atoms with Gasteiger partial charge in [-0.15, -0.1) is 0 Å². The van der Waals surface area contributed by atoms with Crippen LogP contribution in [0.15, 0.2) is 191 Å². The summed E-state index contributed by atoms with van der Waals surface area (Å²) in [4.78, 5) is 0. The quantitative estimate of drug-likeness (QED) is 0.122. The molecule has 2 atom stereocenters. The van der Waals surface area contributed by atoms with Gasteiger partial charge in [0, 0.05) is 21.6 Å². The van der Waals surface area contributed by atoms with Gasteiger partial charge < -0.3 is 15.3 Å². The van der Waals surface area contributed by atoms with Crippen molar-refractivity contribution >= 4 is 53.4 Å². The van der Waals surface area contributed by atoms with Crippen molar-refractivity contribution in [2.75, 3.05) is 7.11 Å². The van der Waals surface area contributed by atoms with Crippen molar-refractivity contribution in [3.05, 3.63) is 248 Å². The molecule has 2 unspecified atom stereocenters. The lowest BCUT2D eigenvalue weighted by molar-refractivity contribution is 0.0746. The molecule has 0 aromatic heterocycles. The van der Waals surface area contributed by atoms with Crippen molar-refractivity contribution in [3.8, 4) is 22.3 Å². The summed E-state index contributed by atoms with van der Waals surface area (Å²) in [7, 11) is 1.00. The molecule has 10 rings (SSSR count). The van der Waals surface area contributed by atoms with Crippen LogP contribution in [0.1, 0.15) is 33.4 Å². The van der Waals surface area contributed by atoms with E-state index in [1.165, 1.54) is 48.5 Å². The van der Waals surface area contributed by atoms with Crippen LogP contribution in [0.2, 0.25) is 0 Å². The lowest BCUT2D eigenvalue weighted by Gasteiger charge is -2.45. The van der Waals surface area contributed by atoms with Crippen LogP contribution < -0.4 is 0 Å². The van der Waals surface area contributed by atoms with E-state index < -0.39 is 22.8 Å². The second-order valence-corrected chi connectivity index (χ2v) is 16.5. The van der Waals surface area contributed by atoms with E-state index in [2.05, 4.69) is 56.1 Å². The molecule has 0 spiro atoms. The highest BCUT2D eigenvalue weighted by Crippen LogP contribution is 2.53. The Hall–Kier alpha value is -5.94. The zero-order valence-electron chi connectivity index (χ0n) is 32.9. The van der Waals surface area contributed by atoms with Gasteiger partial charge in [-0.1, -0.05) is 141 Å². The predicted octanol–water partition coefficient (Wildman–Crippen LogP) is 13.6. The lowest BCUT2D eigenvalue weighted by Crippen LogP contribution is -2.44. The van der Waals surface area contributed by atoms with Gasteiger partial charge in [0.1, 0.15) is 34.5 Å². The molecule has 0 fully saturated rings. The van der Waals surface area contributed by atoms with E-state index in [4.69, 9.17) is 5.11 Å². The Morgan fingerprint density at radius 2 is 0.694 bits per heavy atom. The van der Waals surface area contributed by atoms with E-state index in [1.807, 2.05) is 42.5 Å². The molecule has 0 bridgehead atoms. The predicted molar refractivity (Wildman–Crippen MR) is 246 cm³/mol. The van der Waals surface area contributed by atoms with Crippen LogP contribution in [0.5, 0.6) is 0 Å². The Kier molecular flexibility index (Phi) is 12.0. The fraction of sp³-hybridized carbons (Fsp3) is 0.0566. The minimum atomic E-state index is -1.63. The number of hydrogen-bond acceptors (Lipinski definition) is 3. The van der Waals surface area contributed by atoms with Gasteiger partial charge in [0.05, 0.1) is 0 Å². The van der Waals surface area contributed by atoms with Gasteiger partial charge in [-0.05, 0) is 144 Å². The van der Waals surface area contributed by atoms with Crippen molar-refractivity contribution in [2.24, 2.45) is 0 Å². The van der Waals surface area contributed by atoms with Crippen LogP contribution in [0, 0.1) is 23.3 Å². The summed E-state index contributed by atoms with van der Waals surface area (Å²) in [5, 5.41) is 35.6. The first-order valence-corrected chi connectivity index (χ1v) is 21.0. The molecule has 308 valence electrons. The number of hydrogen-bond donors (Lipinski definition) is 3. The topological polar surface area (TPSA) is 60.7 Å². The van der Waals surface area contributed by atoms with Crippen LogP contribution >= 0.6 is 31.9 Å². The monoisotopic (exact) mass is 954 g/mol. The summed E-state index contributed by atoms with van der Waals surface area (Å²) in [5.41, 5.74) is 3.61. The van der Waals surface area contributed by atoms with Gasteiger partial charge >= 0.3 is 0 Å². The number of benzene rings is 9. The molecule has 0 radical (unpaired) electrons.